The number of sulfonamides is 1. The van der Waals surface area contributed by atoms with Crippen molar-refractivity contribution in [3.8, 4) is 0 Å². The molecule has 1 N–H and O–H groups in total. The third-order valence-corrected chi connectivity index (χ3v) is 6.88. The van der Waals surface area contributed by atoms with Crippen LogP contribution in [0.25, 0.3) is 0 Å². The quantitative estimate of drug-likeness (QED) is 0.784. The van der Waals surface area contributed by atoms with Crippen molar-refractivity contribution in [3.63, 3.8) is 0 Å². The Kier molecular flexibility index (Phi) is 7.10. The van der Waals surface area contributed by atoms with E-state index in [-0.39, 0.29) is 28.4 Å². The van der Waals surface area contributed by atoms with Gasteiger partial charge >= 0.3 is 0 Å². The number of carbonyl (C=O) groups is 1. The number of nitrogens with one attached hydrogen (secondary N) is 1. The zero-order valence-corrected chi connectivity index (χ0v) is 16.7. The molecule has 1 unspecified atom stereocenters. The second-order valence-electron chi connectivity index (χ2n) is 6.13. The normalized spacial score (nSPS) is 18.1. The van der Waals surface area contributed by atoms with Crippen LogP contribution in [0.5, 0.6) is 0 Å². The van der Waals surface area contributed by atoms with E-state index >= 15 is 0 Å². The van der Waals surface area contributed by atoms with E-state index in [1.165, 1.54) is 22.5 Å². The molecule has 1 heterocycles. The fourth-order valence-electron chi connectivity index (χ4n) is 2.54. The van der Waals surface area contributed by atoms with Crippen molar-refractivity contribution in [1.29, 1.82) is 0 Å². The van der Waals surface area contributed by atoms with Crippen LogP contribution in [0.4, 0.5) is 0 Å². The van der Waals surface area contributed by atoms with Crippen molar-refractivity contribution in [2.75, 3.05) is 32.7 Å². The van der Waals surface area contributed by atoms with Gasteiger partial charge in [0.2, 0.25) is 15.9 Å². The highest BCUT2D eigenvalue weighted by molar-refractivity contribution is 7.89. The van der Waals surface area contributed by atoms with Crippen molar-refractivity contribution in [2.24, 2.45) is 0 Å². The highest BCUT2D eigenvalue weighted by Gasteiger charge is 2.29. The van der Waals surface area contributed by atoms with Crippen LogP contribution >= 0.6 is 23.2 Å². The molecule has 140 valence electrons. The second kappa shape index (κ2) is 8.68. The summed E-state index contributed by atoms with van der Waals surface area (Å²) in [5.41, 5.74) is 0. The van der Waals surface area contributed by atoms with E-state index in [2.05, 4.69) is 5.32 Å². The summed E-state index contributed by atoms with van der Waals surface area (Å²) in [6.45, 7) is 5.93. The van der Waals surface area contributed by atoms with E-state index in [1.807, 2.05) is 18.7 Å². The molecule has 1 aliphatic rings. The summed E-state index contributed by atoms with van der Waals surface area (Å²) >= 11 is 11.8. The topological polar surface area (TPSA) is 69.7 Å². The summed E-state index contributed by atoms with van der Waals surface area (Å²) in [7, 11) is -3.61. The Bertz CT molecular complexity index is 719. The number of benzene rings is 1. The Morgan fingerprint density at radius 1 is 1.20 bits per heavy atom. The number of hydrogen-bond acceptors (Lipinski definition) is 4. The van der Waals surface area contributed by atoms with Crippen LogP contribution in [0.15, 0.2) is 23.1 Å². The molecule has 1 aromatic carbocycles. The Morgan fingerprint density at radius 2 is 1.84 bits per heavy atom. The van der Waals surface area contributed by atoms with Gasteiger partial charge in [-0.3, -0.25) is 9.69 Å². The predicted molar refractivity (Wildman–Crippen MR) is 99.6 cm³/mol. The number of amides is 1. The lowest BCUT2D eigenvalue weighted by Gasteiger charge is -2.33. The van der Waals surface area contributed by atoms with E-state index in [0.29, 0.717) is 31.2 Å². The lowest BCUT2D eigenvalue weighted by atomic mass is 10.2. The minimum atomic E-state index is -3.61. The lowest BCUT2D eigenvalue weighted by Crippen LogP contribution is -2.51. The first kappa shape index (κ1) is 20.5. The van der Waals surface area contributed by atoms with Gasteiger partial charge in [-0.25, -0.2) is 8.42 Å². The molecular weight excluding hydrogens is 385 g/mol. The van der Waals surface area contributed by atoms with Crippen molar-refractivity contribution in [2.45, 2.75) is 31.2 Å². The summed E-state index contributed by atoms with van der Waals surface area (Å²) in [6.07, 6.45) is 0.876. The molecular formula is C16H23Cl2N3O3S. The molecule has 0 radical (unpaired) electrons. The third kappa shape index (κ3) is 5.31. The largest absolute Gasteiger partial charge is 0.353 e. The van der Waals surface area contributed by atoms with Crippen LogP contribution in [0.2, 0.25) is 10.0 Å². The standard InChI is InChI=1S/C16H23Cl2N3O3S/c1-3-12(2)19-16(22)11-20-6-8-21(9-7-20)25(23,24)13-4-5-14(17)15(18)10-13/h4-5,10,12H,3,6-9,11H2,1-2H3,(H,19,22). The maximum Gasteiger partial charge on any atom is 0.243 e. The molecule has 0 saturated carbocycles. The fraction of sp³-hybridized carbons (Fsp3) is 0.562. The van der Waals surface area contributed by atoms with Gasteiger partial charge < -0.3 is 5.32 Å². The van der Waals surface area contributed by atoms with Gasteiger partial charge in [-0.15, -0.1) is 0 Å². The Balaban J connectivity index is 1.94. The van der Waals surface area contributed by atoms with Crippen LogP contribution in [-0.2, 0) is 14.8 Å². The lowest BCUT2D eigenvalue weighted by molar-refractivity contribution is -0.123. The molecule has 1 amide bonds. The summed E-state index contributed by atoms with van der Waals surface area (Å²) in [4.78, 5) is 14.0. The molecule has 1 aliphatic heterocycles. The van der Waals surface area contributed by atoms with E-state index in [1.54, 1.807) is 0 Å². The van der Waals surface area contributed by atoms with Crippen LogP contribution in [-0.4, -0.2) is 62.3 Å². The third-order valence-electron chi connectivity index (χ3n) is 4.25. The van der Waals surface area contributed by atoms with Crippen molar-refractivity contribution in [1.82, 2.24) is 14.5 Å². The van der Waals surface area contributed by atoms with Crippen LogP contribution < -0.4 is 5.32 Å². The maximum atomic E-state index is 12.7. The molecule has 0 aliphatic carbocycles. The number of hydrogen-bond donors (Lipinski definition) is 1. The smallest absolute Gasteiger partial charge is 0.243 e. The average Bonchev–Trinajstić information content (AvgIpc) is 2.57. The van der Waals surface area contributed by atoms with Crippen LogP contribution in [0, 0.1) is 0 Å². The predicted octanol–water partition coefficient (Wildman–Crippen LogP) is 2.21. The van der Waals surface area contributed by atoms with Crippen LogP contribution in [0.3, 0.4) is 0 Å². The van der Waals surface area contributed by atoms with Gasteiger partial charge in [0, 0.05) is 32.2 Å². The number of rotatable bonds is 6. The highest BCUT2D eigenvalue weighted by atomic mass is 35.5. The number of piperazine rings is 1. The first-order valence-electron chi connectivity index (χ1n) is 8.21. The average molecular weight is 408 g/mol. The summed E-state index contributed by atoms with van der Waals surface area (Å²) in [5.74, 6) is -0.0323. The molecule has 6 nitrogen and oxygen atoms in total. The summed E-state index contributed by atoms with van der Waals surface area (Å²) < 4.78 is 26.8. The van der Waals surface area contributed by atoms with Gasteiger partial charge in [0.1, 0.15) is 0 Å². The van der Waals surface area contributed by atoms with Gasteiger partial charge in [-0.05, 0) is 31.5 Å². The zero-order valence-electron chi connectivity index (χ0n) is 14.3. The molecule has 9 heteroatoms. The first-order valence-corrected chi connectivity index (χ1v) is 10.4. The van der Waals surface area contributed by atoms with Gasteiger partial charge in [0.15, 0.2) is 0 Å². The molecule has 0 bridgehead atoms. The summed E-state index contributed by atoms with van der Waals surface area (Å²) in [6, 6.07) is 4.44. The molecule has 2 rings (SSSR count). The molecule has 1 atom stereocenters. The van der Waals surface area contributed by atoms with Crippen molar-refractivity contribution >= 4 is 39.1 Å². The Labute approximate surface area is 159 Å². The van der Waals surface area contributed by atoms with E-state index < -0.39 is 10.0 Å². The summed E-state index contributed by atoms with van der Waals surface area (Å²) in [5, 5.41) is 3.44. The van der Waals surface area contributed by atoms with E-state index in [0.717, 1.165) is 6.42 Å². The van der Waals surface area contributed by atoms with E-state index in [9.17, 15) is 13.2 Å². The molecule has 0 spiro atoms. The van der Waals surface area contributed by atoms with Gasteiger partial charge in [0.25, 0.3) is 0 Å². The van der Waals surface area contributed by atoms with Crippen molar-refractivity contribution < 1.29 is 13.2 Å². The van der Waals surface area contributed by atoms with Gasteiger partial charge in [-0.2, -0.15) is 4.31 Å². The SMILES string of the molecule is CCC(C)NC(=O)CN1CCN(S(=O)(=O)c2ccc(Cl)c(Cl)c2)CC1. The van der Waals surface area contributed by atoms with Gasteiger partial charge in [0.05, 0.1) is 21.5 Å². The molecule has 1 aromatic rings. The number of nitrogens with zero attached hydrogens (tertiary/aromatic N) is 2. The molecule has 0 aromatic heterocycles. The van der Waals surface area contributed by atoms with Gasteiger partial charge in [-0.1, -0.05) is 30.1 Å². The number of halogens is 2. The minimum absolute atomic E-state index is 0.0323. The van der Waals surface area contributed by atoms with Crippen molar-refractivity contribution in [3.05, 3.63) is 28.2 Å². The second-order valence-corrected chi connectivity index (χ2v) is 8.89. The molecule has 25 heavy (non-hydrogen) atoms. The van der Waals surface area contributed by atoms with Crippen LogP contribution in [0.1, 0.15) is 20.3 Å². The molecule has 1 fully saturated rings. The molecule has 1 saturated heterocycles. The monoisotopic (exact) mass is 407 g/mol. The Hall–Kier alpha value is -0.860. The zero-order chi connectivity index (χ0) is 18.6. The first-order chi connectivity index (χ1) is 11.7. The maximum absolute atomic E-state index is 12.7. The van der Waals surface area contributed by atoms with E-state index in [4.69, 9.17) is 23.2 Å². The minimum Gasteiger partial charge on any atom is -0.353 e. The highest BCUT2D eigenvalue weighted by Crippen LogP contribution is 2.26. The number of carbonyl (C=O) groups excluding carboxylic acids is 1. The Morgan fingerprint density at radius 3 is 2.40 bits per heavy atom. The fourth-order valence-corrected chi connectivity index (χ4v) is 4.35.